The lowest BCUT2D eigenvalue weighted by atomic mass is 10.1. The minimum absolute atomic E-state index is 0.0225. The Labute approximate surface area is 144 Å². The van der Waals surface area contributed by atoms with Crippen LogP contribution in [0.3, 0.4) is 0 Å². The molecule has 3 N–H and O–H groups in total. The summed E-state index contributed by atoms with van der Waals surface area (Å²) < 4.78 is 0. The van der Waals surface area contributed by atoms with E-state index in [4.69, 9.17) is 11.6 Å². The number of aromatic hydroxyl groups is 1. The molecule has 0 radical (unpaired) electrons. The SMILES string of the molecule is CNC(=O)c1ccc2[nH]c(O)c(C(C)=Nc3ccc(Cl)cc3)c2c1. The Balaban J connectivity index is 2.11. The smallest absolute Gasteiger partial charge is 0.251 e. The van der Waals surface area contributed by atoms with Crippen LogP contribution in [0.1, 0.15) is 22.8 Å². The van der Waals surface area contributed by atoms with E-state index in [1.165, 1.54) is 0 Å². The Hall–Kier alpha value is -2.79. The average Bonchev–Trinajstić information content (AvgIpc) is 2.91. The maximum absolute atomic E-state index is 11.8. The average molecular weight is 342 g/mol. The van der Waals surface area contributed by atoms with Gasteiger partial charge in [0.25, 0.3) is 5.91 Å². The molecule has 0 fully saturated rings. The minimum Gasteiger partial charge on any atom is -0.494 e. The number of amides is 1. The molecule has 0 unspecified atom stereocenters. The largest absolute Gasteiger partial charge is 0.494 e. The minimum atomic E-state index is -0.184. The van der Waals surface area contributed by atoms with E-state index in [-0.39, 0.29) is 11.8 Å². The van der Waals surface area contributed by atoms with Gasteiger partial charge in [0.2, 0.25) is 0 Å². The highest BCUT2D eigenvalue weighted by Gasteiger charge is 2.15. The van der Waals surface area contributed by atoms with Gasteiger partial charge < -0.3 is 15.4 Å². The van der Waals surface area contributed by atoms with Gasteiger partial charge in [-0.2, -0.15) is 0 Å². The summed E-state index contributed by atoms with van der Waals surface area (Å²) in [6, 6.07) is 12.3. The van der Waals surface area contributed by atoms with E-state index in [1.807, 2.05) is 6.92 Å². The van der Waals surface area contributed by atoms with Crippen LogP contribution in [0, 0.1) is 0 Å². The number of aromatic amines is 1. The van der Waals surface area contributed by atoms with Crippen LogP contribution in [0.15, 0.2) is 47.5 Å². The number of hydrogen-bond donors (Lipinski definition) is 3. The van der Waals surface area contributed by atoms with Crippen molar-refractivity contribution in [1.82, 2.24) is 10.3 Å². The molecule has 3 aromatic rings. The van der Waals surface area contributed by atoms with Crippen LogP contribution in [-0.4, -0.2) is 28.8 Å². The quantitative estimate of drug-likeness (QED) is 0.629. The molecule has 24 heavy (non-hydrogen) atoms. The first kappa shape index (κ1) is 16.1. The number of hydrogen-bond acceptors (Lipinski definition) is 3. The number of halogens is 1. The number of nitrogens with one attached hydrogen (secondary N) is 2. The fourth-order valence-corrected chi connectivity index (χ4v) is 2.72. The van der Waals surface area contributed by atoms with E-state index in [0.29, 0.717) is 21.9 Å². The van der Waals surface area contributed by atoms with Crippen LogP contribution in [0.2, 0.25) is 5.02 Å². The van der Waals surface area contributed by atoms with Crippen LogP contribution in [0.4, 0.5) is 5.69 Å². The number of H-pyrrole nitrogens is 1. The molecule has 0 bridgehead atoms. The van der Waals surface area contributed by atoms with Crippen molar-refractivity contribution in [3.8, 4) is 5.88 Å². The van der Waals surface area contributed by atoms with E-state index in [0.717, 1.165) is 16.6 Å². The van der Waals surface area contributed by atoms with Crippen LogP contribution in [0.25, 0.3) is 10.9 Å². The molecule has 1 amide bonds. The second-order valence-electron chi connectivity index (χ2n) is 5.36. The molecular formula is C18H16ClN3O2. The van der Waals surface area contributed by atoms with Crippen LogP contribution < -0.4 is 5.32 Å². The van der Waals surface area contributed by atoms with Crippen molar-refractivity contribution in [2.75, 3.05) is 7.05 Å². The molecule has 0 aliphatic rings. The molecule has 6 heteroatoms. The molecule has 1 heterocycles. The van der Waals surface area contributed by atoms with Gasteiger partial charge in [-0.3, -0.25) is 9.79 Å². The van der Waals surface area contributed by atoms with Crippen molar-refractivity contribution in [2.24, 2.45) is 4.99 Å². The molecule has 122 valence electrons. The van der Waals surface area contributed by atoms with Gasteiger partial charge in [-0.1, -0.05) is 11.6 Å². The first-order valence-corrected chi connectivity index (χ1v) is 7.75. The van der Waals surface area contributed by atoms with Crippen molar-refractivity contribution in [1.29, 1.82) is 0 Å². The third kappa shape index (κ3) is 2.98. The van der Waals surface area contributed by atoms with Crippen LogP contribution in [-0.2, 0) is 0 Å². The van der Waals surface area contributed by atoms with Gasteiger partial charge in [0.05, 0.1) is 17.0 Å². The normalized spacial score (nSPS) is 11.7. The zero-order valence-electron chi connectivity index (χ0n) is 13.2. The topological polar surface area (TPSA) is 77.5 Å². The van der Waals surface area contributed by atoms with Crippen molar-refractivity contribution >= 4 is 39.8 Å². The standard InChI is InChI=1S/C18H16ClN3O2/c1-10(21-13-6-4-12(19)5-7-13)16-14-9-11(17(23)20-2)3-8-15(14)22-18(16)24/h3-9,22,24H,1-2H3,(H,20,23). The van der Waals surface area contributed by atoms with Crippen LogP contribution in [0.5, 0.6) is 5.88 Å². The van der Waals surface area contributed by atoms with Gasteiger partial charge in [0.15, 0.2) is 5.88 Å². The molecule has 1 aromatic heterocycles. The number of carbonyl (C=O) groups is 1. The molecule has 0 spiro atoms. The van der Waals surface area contributed by atoms with Crippen LogP contribution >= 0.6 is 11.6 Å². The maximum atomic E-state index is 11.8. The summed E-state index contributed by atoms with van der Waals surface area (Å²) in [6.07, 6.45) is 0. The predicted octanol–water partition coefficient (Wildman–Crippen LogP) is 4.03. The van der Waals surface area contributed by atoms with Gasteiger partial charge in [-0.25, -0.2) is 0 Å². The van der Waals surface area contributed by atoms with Gasteiger partial charge in [-0.05, 0) is 49.4 Å². The lowest BCUT2D eigenvalue weighted by molar-refractivity contribution is 0.0963. The van der Waals surface area contributed by atoms with Crippen molar-refractivity contribution in [3.63, 3.8) is 0 Å². The van der Waals surface area contributed by atoms with E-state index in [9.17, 15) is 9.90 Å². The van der Waals surface area contributed by atoms with Gasteiger partial charge in [0.1, 0.15) is 0 Å². The summed E-state index contributed by atoms with van der Waals surface area (Å²) in [4.78, 5) is 19.3. The number of nitrogens with zero attached hydrogens (tertiary/aromatic N) is 1. The zero-order chi connectivity index (χ0) is 17.3. The summed E-state index contributed by atoms with van der Waals surface area (Å²) in [5.74, 6) is -0.162. The highest BCUT2D eigenvalue weighted by Crippen LogP contribution is 2.30. The van der Waals surface area contributed by atoms with Crippen molar-refractivity contribution in [3.05, 3.63) is 58.6 Å². The number of aliphatic imine (C=N–C) groups is 1. The number of rotatable bonds is 3. The number of carbonyl (C=O) groups excluding carboxylic acids is 1. The Kier molecular flexibility index (Phi) is 4.27. The van der Waals surface area contributed by atoms with E-state index in [1.54, 1.807) is 49.5 Å². The maximum Gasteiger partial charge on any atom is 0.251 e. The summed E-state index contributed by atoms with van der Waals surface area (Å²) in [5, 5.41) is 14.2. The molecule has 0 saturated heterocycles. The monoisotopic (exact) mass is 341 g/mol. The highest BCUT2D eigenvalue weighted by atomic mass is 35.5. The molecule has 5 nitrogen and oxygen atoms in total. The molecular weight excluding hydrogens is 326 g/mol. The second-order valence-corrected chi connectivity index (χ2v) is 5.80. The van der Waals surface area contributed by atoms with Gasteiger partial charge >= 0.3 is 0 Å². The molecule has 0 aliphatic heterocycles. The Morgan fingerprint density at radius 2 is 1.92 bits per heavy atom. The lowest BCUT2D eigenvalue weighted by Gasteiger charge is -2.03. The summed E-state index contributed by atoms with van der Waals surface area (Å²) in [6.45, 7) is 1.81. The summed E-state index contributed by atoms with van der Waals surface area (Å²) in [5.41, 5.74) is 3.19. The predicted molar refractivity (Wildman–Crippen MR) is 96.7 cm³/mol. The lowest BCUT2D eigenvalue weighted by Crippen LogP contribution is -2.17. The first-order chi connectivity index (χ1) is 11.5. The third-order valence-electron chi connectivity index (χ3n) is 3.75. The molecule has 0 atom stereocenters. The fraction of sp³-hybridized carbons (Fsp3) is 0.111. The Morgan fingerprint density at radius 3 is 2.58 bits per heavy atom. The van der Waals surface area contributed by atoms with Crippen molar-refractivity contribution < 1.29 is 9.90 Å². The second kappa shape index (κ2) is 6.37. The van der Waals surface area contributed by atoms with E-state index >= 15 is 0 Å². The van der Waals surface area contributed by atoms with Gasteiger partial charge in [-0.15, -0.1) is 0 Å². The summed E-state index contributed by atoms with van der Waals surface area (Å²) >= 11 is 5.88. The molecule has 0 aliphatic carbocycles. The Bertz CT molecular complexity index is 943. The summed E-state index contributed by atoms with van der Waals surface area (Å²) in [7, 11) is 1.58. The van der Waals surface area contributed by atoms with E-state index < -0.39 is 0 Å². The van der Waals surface area contributed by atoms with Gasteiger partial charge in [0, 0.05) is 28.5 Å². The zero-order valence-corrected chi connectivity index (χ0v) is 14.0. The molecule has 2 aromatic carbocycles. The number of aromatic nitrogens is 1. The highest BCUT2D eigenvalue weighted by molar-refractivity contribution is 6.30. The first-order valence-electron chi connectivity index (χ1n) is 7.37. The van der Waals surface area contributed by atoms with E-state index in [2.05, 4.69) is 15.3 Å². The molecule has 0 saturated carbocycles. The molecule has 3 rings (SSSR count). The number of fused-ring (bicyclic) bond motifs is 1. The third-order valence-corrected chi connectivity index (χ3v) is 4.01. The van der Waals surface area contributed by atoms with Crippen molar-refractivity contribution in [2.45, 2.75) is 6.92 Å². The fourth-order valence-electron chi connectivity index (χ4n) is 2.59. The Morgan fingerprint density at radius 1 is 1.21 bits per heavy atom. The number of benzene rings is 2.